The monoisotopic (exact) mass is 421 g/mol. The molecule has 156 valence electrons. The highest BCUT2D eigenvalue weighted by atomic mass is 31.2. The van der Waals surface area contributed by atoms with E-state index in [0.29, 0.717) is 19.0 Å². The zero-order valence-corrected chi connectivity index (χ0v) is 18.6. The Morgan fingerprint density at radius 2 is 1.33 bits per heavy atom. The van der Waals surface area contributed by atoms with E-state index >= 15 is 0 Å². The van der Waals surface area contributed by atoms with E-state index in [9.17, 15) is 4.57 Å². The maximum absolute atomic E-state index is 13.1. The van der Waals surface area contributed by atoms with Crippen LogP contribution in [0.4, 0.5) is 0 Å². The van der Waals surface area contributed by atoms with Gasteiger partial charge in [0.2, 0.25) is 0 Å². The van der Waals surface area contributed by atoms with Gasteiger partial charge in [0.05, 0.1) is 26.4 Å². The average Bonchev–Trinajstić information content (AvgIpc) is 2.63. The van der Waals surface area contributed by atoms with Crippen molar-refractivity contribution in [3.8, 4) is 5.75 Å². The molecule has 9 heteroatoms. The molecule has 0 saturated heterocycles. The maximum atomic E-state index is 13.1. The Morgan fingerprint density at radius 3 is 1.78 bits per heavy atom. The zero-order chi connectivity index (χ0) is 20.0. The van der Waals surface area contributed by atoms with Crippen LogP contribution in [0.3, 0.4) is 0 Å². The molecule has 27 heavy (non-hydrogen) atoms. The molecule has 0 spiro atoms. The van der Waals surface area contributed by atoms with Gasteiger partial charge in [-0.1, -0.05) is 44.9 Å². The number of rotatable bonds is 15. The fraction of sp³-hybridized carbons (Fsp3) is 0.667. The van der Waals surface area contributed by atoms with Crippen LogP contribution >= 0.6 is 15.5 Å². The Labute approximate surface area is 163 Å². The minimum absolute atomic E-state index is 0.191. The van der Waals surface area contributed by atoms with Gasteiger partial charge >= 0.3 is 15.5 Å². The van der Waals surface area contributed by atoms with E-state index in [1.54, 1.807) is 26.0 Å². The summed E-state index contributed by atoms with van der Waals surface area (Å²) in [5.41, 5.74) is 0. The molecule has 0 fully saturated rings. The van der Waals surface area contributed by atoms with Gasteiger partial charge in [0.1, 0.15) is 5.75 Å². The highest BCUT2D eigenvalue weighted by Gasteiger charge is 2.35. The van der Waals surface area contributed by atoms with Crippen molar-refractivity contribution in [2.24, 2.45) is 4.52 Å². The van der Waals surface area contributed by atoms with Crippen molar-refractivity contribution in [2.75, 3.05) is 26.4 Å². The van der Waals surface area contributed by atoms with Crippen molar-refractivity contribution in [3.05, 3.63) is 30.3 Å². The van der Waals surface area contributed by atoms with Crippen LogP contribution < -0.4 is 4.52 Å². The standard InChI is InChI=1S/C18H33NO6P2/c1-5-9-16-23-27(24-17-10-6-2,25-18-14-12-11-13-15-18)19-26(20,21-7-3)22-8-4/h11-15H,5-10,16-17H2,1-4H3. The molecule has 7 nitrogen and oxygen atoms in total. The predicted octanol–water partition coefficient (Wildman–Crippen LogP) is 6.83. The topological polar surface area (TPSA) is 75.6 Å². The summed E-state index contributed by atoms with van der Waals surface area (Å²) in [6.45, 7) is 8.72. The third-order valence-corrected chi connectivity index (χ3v) is 7.65. The number of hydrogen-bond donors (Lipinski definition) is 0. The molecule has 0 saturated carbocycles. The molecule has 1 aromatic rings. The van der Waals surface area contributed by atoms with E-state index < -0.39 is 15.5 Å². The van der Waals surface area contributed by atoms with Gasteiger partial charge in [0.25, 0.3) is 0 Å². The summed E-state index contributed by atoms with van der Waals surface area (Å²) in [5.74, 6) is 0.530. The van der Waals surface area contributed by atoms with Crippen molar-refractivity contribution in [1.29, 1.82) is 0 Å². The lowest BCUT2D eigenvalue weighted by Gasteiger charge is -2.25. The Bertz CT molecular complexity index is 587. The van der Waals surface area contributed by atoms with Crippen LogP contribution in [0.5, 0.6) is 5.75 Å². The van der Waals surface area contributed by atoms with Gasteiger partial charge in [-0.2, -0.15) is 0 Å². The summed E-state index contributed by atoms with van der Waals surface area (Å²) in [7, 11) is -7.12. The van der Waals surface area contributed by atoms with Gasteiger partial charge in [-0.05, 0) is 38.8 Å². The molecule has 1 rings (SSSR count). The first-order valence-corrected chi connectivity index (χ1v) is 12.6. The second-order valence-corrected chi connectivity index (χ2v) is 9.45. The highest BCUT2D eigenvalue weighted by Crippen LogP contribution is 2.64. The zero-order valence-electron chi connectivity index (χ0n) is 16.8. The molecule has 0 aliphatic heterocycles. The van der Waals surface area contributed by atoms with E-state index in [-0.39, 0.29) is 13.2 Å². The first kappa shape index (κ1) is 24.4. The number of hydrogen-bond acceptors (Lipinski definition) is 6. The number of unbranched alkanes of at least 4 members (excludes halogenated alkanes) is 2. The second-order valence-electron chi connectivity index (χ2n) is 5.64. The summed E-state index contributed by atoms with van der Waals surface area (Å²) >= 11 is 0. The SMILES string of the molecule is CCCCOP(=NP(=O)(OCC)OCC)(OCCCC)Oc1ccccc1. The lowest BCUT2D eigenvalue weighted by molar-refractivity contribution is 0.184. The molecule has 0 unspecified atom stereocenters. The molecule has 0 aliphatic rings. The van der Waals surface area contributed by atoms with Crippen LogP contribution in [0, 0.1) is 0 Å². The minimum Gasteiger partial charge on any atom is -0.418 e. The molecule has 0 amide bonds. The highest BCUT2D eigenvalue weighted by molar-refractivity contribution is 7.64. The van der Waals surface area contributed by atoms with Gasteiger partial charge in [-0.25, -0.2) is 4.57 Å². The predicted molar refractivity (Wildman–Crippen MR) is 109 cm³/mol. The van der Waals surface area contributed by atoms with Crippen molar-refractivity contribution in [1.82, 2.24) is 0 Å². The number of benzene rings is 1. The normalized spacial score (nSPS) is 12.1. The second kappa shape index (κ2) is 13.5. The summed E-state index contributed by atoms with van der Waals surface area (Å²) in [4.78, 5) is 0. The van der Waals surface area contributed by atoms with E-state index in [0.717, 1.165) is 25.7 Å². The number of nitrogens with zero attached hydrogens (tertiary/aromatic N) is 1. The Hall–Kier alpha value is -0.680. The van der Waals surface area contributed by atoms with Gasteiger partial charge < -0.3 is 4.52 Å². The van der Waals surface area contributed by atoms with Gasteiger partial charge in [0, 0.05) is 0 Å². The molecule has 0 radical (unpaired) electrons. The Balaban J connectivity index is 3.31. The smallest absolute Gasteiger partial charge is 0.418 e. The molecular formula is C18H33NO6P2. The molecule has 0 aliphatic carbocycles. The van der Waals surface area contributed by atoms with Crippen LogP contribution in [-0.2, 0) is 22.7 Å². The molecule has 0 N–H and O–H groups in total. The van der Waals surface area contributed by atoms with Gasteiger partial charge in [-0.3, -0.25) is 18.1 Å². The third-order valence-electron chi connectivity index (χ3n) is 3.27. The van der Waals surface area contributed by atoms with Crippen LogP contribution in [0.1, 0.15) is 53.4 Å². The maximum Gasteiger partial charge on any atom is 0.459 e. The van der Waals surface area contributed by atoms with Crippen molar-refractivity contribution >= 4 is 15.5 Å². The lowest BCUT2D eigenvalue weighted by Crippen LogP contribution is -2.07. The van der Waals surface area contributed by atoms with Crippen molar-refractivity contribution in [3.63, 3.8) is 0 Å². The molecule has 0 heterocycles. The largest absolute Gasteiger partial charge is 0.459 e. The lowest BCUT2D eigenvalue weighted by atomic mass is 10.3. The molecule has 0 bridgehead atoms. The fourth-order valence-electron chi connectivity index (χ4n) is 1.97. The van der Waals surface area contributed by atoms with E-state index in [2.05, 4.69) is 18.4 Å². The third kappa shape index (κ3) is 9.38. The summed E-state index contributed by atoms with van der Waals surface area (Å²) in [6, 6.07) is 9.12. The van der Waals surface area contributed by atoms with Gasteiger partial charge in [0.15, 0.2) is 0 Å². The Kier molecular flexibility index (Phi) is 12.2. The van der Waals surface area contributed by atoms with Crippen LogP contribution in [0.25, 0.3) is 0 Å². The van der Waals surface area contributed by atoms with Gasteiger partial charge in [-0.15, -0.1) is 4.52 Å². The first-order chi connectivity index (χ1) is 13.0. The van der Waals surface area contributed by atoms with E-state index in [4.69, 9.17) is 22.6 Å². The first-order valence-electron chi connectivity index (χ1n) is 9.59. The van der Waals surface area contributed by atoms with Crippen LogP contribution in [0.2, 0.25) is 0 Å². The van der Waals surface area contributed by atoms with Crippen LogP contribution in [-0.4, -0.2) is 26.4 Å². The van der Waals surface area contributed by atoms with Crippen LogP contribution in [0.15, 0.2) is 34.8 Å². The number of para-hydroxylation sites is 1. The fourth-order valence-corrected chi connectivity index (χ4v) is 6.03. The quantitative estimate of drug-likeness (QED) is 0.228. The van der Waals surface area contributed by atoms with Crippen molar-refractivity contribution in [2.45, 2.75) is 53.4 Å². The summed E-state index contributed by atoms with van der Waals surface area (Å²) in [5, 5.41) is 0. The van der Waals surface area contributed by atoms with E-state index in [1.165, 1.54) is 0 Å². The summed E-state index contributed by atoms with van der Waals surface area (Å²) < 4.78 is 46.0. The van der Waals surface area contributed by atoms with E-state index in [1.807, 2.05) is 18.2 Å². The molecular weight excluding hydrogens is 388 g/mol. The molecule has 0 atom stereocenters. The molecule has 1 aromatic carbocycles. The minimum atomic E-state index is -3.78. The molecule has 0 aromatic heterocycles. The summed E-state index contributed by atoms with van der Waals surface area (Å²) in [6.07, 6.45) is 3.49. The van der Waals surface area contributed by atoms with Crippen molar-refractivity contribution < 1.29 is 27.2 Å². The Morgan fingerprint density at radius 1 is 0.815 bits per heavy atom. The average molecular weight is 421 g/mol.